The number of hydrogen-bond acceptors (Lipinski definition) is 7. The minimum Gasteiger partial charge on any atom is -0.386 e. The van der Waals surface area contributed by atoms with E-state index in [1.165, 1.54) is 32.4 Å². The molecule has 0 aliphatic heterocycles. The van der Waals surface area contributed by atoms with Crippen LogP contribution in [0.1, 0.15) is 19.4 Å². The predicted octanol–water partition coefficient (Wildman–Crippen LogP) is 2.59. The van der Waals surface area contributed by atoms with Crippen LogP contribution >= 0.6 is 0 Å². The van der Waals surface area contributed by atoms with Gasteiger partial charge in [0.05, 0.1) is 21.7 Å². The maximum atomic E-state index is 14.6. The minimum absolute atomic E-state index is 0.158. The fourth-order valence-electron chi connectivity index (χ4n) is 2.97. The number of nitrogens with one attached hydrogen (secondary N) is 1. The van der Waals surface area contributed by atoms with Crippen LogP contribution in [0, 0.1) is 5.82 Å². The van der Waals surface area contributed by atoms with Crippen LogP contribution in [0.4, 0.5) is 4.39 Å². The number of halogens is 1. The second-order valence-corrected chi connectivity index (χ2v) is 10.2. The van der Waals surface area contributed by atoms with Crippen molar-refractivity contribution in [2.45, 2.75) is 24.3 Å². The summed E-state index contributed by atoms with van der Waals surface area (Å²) in [6.45, 7) is 3.35. The average Bonchev–Trinajstić information content (AvgIpc) is 3.25. The van der Waals surface area contributed by atoms with Gasteiger partial charge in [0.2, 0.25) is 0 Å². The number of rotatable bonds is 6. The Hall–Kier alpha value is -3.34. The fourth-order valence-corrected chi connectivity index (χ4v) is 4.98. The second-order valence-electron chi connectivity index (χ2n) is 7.27. The van der Waals surface area contributed by atoms with Gasteiger partial charge in [0, 0.05) is 37.5 Å². The Morgan fingerprint density at radius 1 is 1.29 bits per heavy atom. The summed E-state index contributed by atoms with van der Waals surface area (Å²) in [5, 5.41) is 3.95. The van der Waals surface area contributed by atoms with E-state index >= 15 is 0 Å². The molecule has 2 heterocycles. The highest BCUT2D eigenvalue weighted by Crippen LogP contribution is 2.30. The summed E-state index contributed by atoms with van der Waals surface area (Å²) in [6, 6.07) is 5.96. The van der Waals surface area contributed by atoms with Crippen LogP contribution in [0.2, 0.25) is 0 Å². The fraction of sp³-hybridized carbons (Fsp3) is 0.300. The number of aromatic amines is 1. The first-order chi connectivity index (χ1) is 14.6. The highest BCUT2D eigenvalue weighted by atomic mass is 32.2. The molecule has 2 aromatic heterocycles. The molecule has 0 spiro atoms. The molecule has 3 N–H and O–H groups in total. The number of H-pyrrole nitrogens is 1. The van der Waals surface area contributed by atoms with Crippen molar-refractivity contribution in [3.8, 4) is 22.7 Å². The van der Waals surface area contributed by atoms with Gasteiger partial charge in [0.15, 0.2) is 5.76 Å². The first-order valence-electron chi connectivity index (χ1n) is 9.27. The van der Waals surface area contributed by atoms with Gasteiger partial charge in [-0.25, -0.2) is 17.9 Å². The SMILES string of the molecule is CN=C(N)C(C)(C)S(=O)(Cc1cc(-c2cc(-c3c[nH]c(=O)cn3)no2)ccc1F)=NC. The number of hydrogen-bond donors (Lipinski definition) is 2. The van der Waals surface area contributed by atoms with Gasteiger partial charge >= 0.3 is 0 Å². The molecule has 3 rings (SSSR count). The quantitative estimate of drug-likeness (QED) is 0.441. The Kier molecular flexibility index (Phi) is 6.07. The zero-order valence-electron chi connectivity index (χ0n) is 17.5. The van der Waals surface area contributed by atoms with Gasteiger partial charge in [-0.3, -0.25) is 9.79 Å². The molecule has 0 bridgehead atoms. The molecule has 0 amide bonds. The Morgan fingerprint density at radius 3 is 2.65 bits per heavy atom. The lowest BCUT2D eigenvalue weighted by atomic mass is 10.1. The van der Waals surface area contributed by atoms with Gasteiger partial charge in [-0.05, 0) is 32.0 Å². The molecular formula is C20H23FN6O3S. The van der Waals surface area contributed by atoms with Crippen LogP contribution in [0.15, 0.2) is 55.3 Å². The van der Waals surface area contributed by atoms with Crippen LogP contribution in [0.5, 0.6) is 0 Å². The van der Waals surface area contributed by atoms with E-state index in [0.29, 0.717) is 22.7 Å². The van der Waals surface area contributed by atoms with Crippen LogP contribution in [0.25, 0.3) is 22.7 Å². The molecule has 0 saturated carbocycles. The lowest BCUT2D eigenvalue weighted by Gasteiger charge is -2.28. The zero-order valence-corrected chi connectivity index (χ0v) is 18.4. The van der Waals surface area contributed by atoms with Gasteiger partial charge in [0.25, 0.3) is 5.56 Å². The smallest absolute Gasteiger partial charge is 0.266 e. The summed E-state index contributed by atoms with van der Waals surface area (Å²) >= 11 is 0. The van der Waals surface area contributed by atoms with Crippen molar-refractivity contribution in [2.75, 3.05) is 14.1 Å². The van der Waals surface area contributed by atoms with Crippen molar-refractivity contribution < 1.29 is 13.1 Å². The third-order valence-corrected chi connectivity index (χ3v) is 8.17. The Labute approximate surface area is 178 Å². The van der Waals surface area contributed by atoms with Crippen molar-refractivity contribution in [3.05, 3.63) is 58.4 Å². The van der Waals surface area contributed by atoms with Crippen molar-refractivity contribution in [2.24, 2.45) is 15.1 Å². The summed E-state index contributed by atoms with van der Waals surface area (Å²) in [5.74, 6) is -0.148. The first kappa shape index (κ1) is 22.3. The molecule has 0 saturated heterocycles. The van der Waals surface area contributed by atoms with Gasteiger partial charge in [-0.1, -0.05) is 5.16 Å². The monoisotopic (exact) mass is 446 g/mol. The Bertz CT molecular complexity index is 1300. The molecule has 3 aromatic rings. The number of benzene rings is 1. The summed E-state index contributed by atoms with van der Waals surface area (Å²) in [5.41, 5.74) is 7.17. The first-order valence-corrected chi connectivity index (χ1v) is 11.0. The van der Waals surface area contributed by atoms with Crippen molar-refractivity contribution in [1.29, 1.82) is 0 Å². The highest BCUT2D eigenvalue weighted by molar-refractivity contribution is 7.95. The van der Waals surface area contributed by atoms with E-state index in [1.54, 1.807) is 26.0 Å². The Balaban J connectivity index is 1.99. The second kappa shape index (κ2) is 8.42. The topological polar surface area (TPSA) is 140 Å². The molecule has 0 aliphatic carbocycles. The lowest BCUT2D eigenvalue weighted by Crippen LogP contribution is -2.45. The molecule has 1 atom stereocenters. The molecule has 31 heavy (non-hydrogen) atoms. The van der Waals surface area contributed by atoms with Gasteiger partial charge in [-0.2, -0.15) is 0 Å². The molecular weight excluding hydrogens is 423 g/mol. The van der Waals surface area contributed by atoms with Crippen molar-refractivity contribution >= 4 is 15.6 Å². The highest BCUT2D eigenvalue weighted by Gasteiger charge is 2.36. The van der Waals surface area contributed by atoms with E-state index in [-0.39, 0.29) is 22.7 Å². The predicted molar refractivity (Wildman–Crippen MR) is 118 cm³/mol. The van der Waals surface area contributed by atoms with Gasteiger partial charge in [-0.15, -0.1) is 0 Å². The summed E-state index contributed by atoms with van der Waals surface area (Å²) < 4.78 is 36.6. The van der Waals surface area contributed by atoms with Crippen molar-refractivity contribution in [3.63, 3.8) is 0 Å². The van der Waals surface area contributed by atoms with E-state index in [9.17, 15) is 13.4 Å². The molecule has 164 valence electrons. The number of nitrogens with zero attached hydrogens (tertiary/aromatic N) is 4. The molecule has 0 aliphatic rings. The van der Waals surface area contributed by atoms with Crippen LogP contribution in [0.3, 0.4) is 0 Å². The summed E-state index contributed by atoms with van der Waals surface area (Å²) in [4.78, 5) is 21.6. The van der Waals surface area contributed by atoms with Gasteiger partial charge < -0.3 is 15.2 Å². The lowest BCUT2D eigenvalue weighted by molar-refractivity contribution is 0.434. The number of aliphatic imine (C=N–C) groups is 1. The third-order valence-electron chi connectivity index (χ3n) is 5.08. The number of amidine groups is 1. The maximum Gasteiger partial charge on any atom is 0.266 e. The van der Waals surface area contributed by atoms with Gasteiger partial charge in [0.1, 0.15) is 27.8 Å². The van der Waals surface area contributed by atoms with Crippen LogP contribution in [-0.4, -0.2) is 44.0 Å². The average molecular weight is 447 g/mol. The number of aromatic nitrogens is 3. The largest absolute Gasteiger partial charge is 0.386 e. The Morgan fingerprint density at radius 2 is 2.03 bits per heavy atom. The van der Waals surface area contributed by atoms with E-state index in [0.717, 1.165) is 6.20 Å². The molecule has 0 fully saturated rings. The van der Waals surface area contributed by atoms with E-state index in [4.69, 9.17) is 10.3 Å². The minimum atomic E-state index is -2.99. The molecule has 1 unspecified atom stereocenters. The van der Waals surface area contributed by atoms with E-state index in [2.05, 4.69) is 24.5 Å². The normalized spacial score (nSPS) is 14.3. The third kappa shape index (κ3) is 4.26. The van der Waals surface area contributed by atoms with Crippen LogP contribution < -0.4 is 11.3 Å². The molecule has 9 nitrogen and oxygen atoms in total. The molecule has 11 heteroatoms. The molecule has 1 aromatic carbocycles. The molecule has 0 radical (unpaired) electrons. The van der Waals surface area contributed by atoms with Crippen LogP contribution in [-0.2, 0) is 15.5 Å². The van der Waals surface area contributed by atoms with Crippen molar-refractivity contribution in [1.82, 2.24) is 15.1 Å². The maximum absolute atomic E-state index is 14.6. The standard InChI is InChI=1S/C20H23FN6O3S/c1-20(2,19(22)23-3)31(29,24-4)11-13-7-12(5-6-14(13)21)17-8-15(27-30-17)16-9-26-18(28)10-25-16/h5-10H,11H2,1-4H3,(H2,22,23)(H,26,28). The van der Waals surface area contributed by atoms with E-state index in [1.807, 2.05) is 0 Å². The zero-order chi connectivity index (χ0) is 22.8. The summed E-state index contributed by atoms with van der Waals surface area (Å²) in [6.07, 6.45) is 2.55. The summed E-state index contributed by atoms with van der Waals surface area (Å²) in [7, 11) is -0.0619. The van der Waals surface area contributed by atoms with E-state index < -0.39 is 20.3 Å². The number of nitrogens with two attached hydrogens (primary N) is 1.